The normalized spacial score (nSPS) is 24.1. The molecule has 0 saturated heterocycles. The molecule has 3 aromatic rings. The maximum Gasteiger partial charge on any atom is 0.274 e. The monoisotopic (exact) mass is 483 g/mol. The van der Waals surface area contributed by atoms with Crippen LogP contribution in [0.15, 0.2) is 35.4 Å². The van der Waals surface area contributed by atoms with Gasteiger partial charge in [0.2, 0.25) is 0 Å². The standard InChI is InChI=1S/C24H30FN7O3/c1-26-21-12-20(29-19-7-4-8-31(24(19)34)16-9-14(25)10-16)30-22-18(13-27-32(21)22)23(33)28-15-5-3-6-17(11-15)35-2/h4,7-8,12-17,26H,3,5-6,9-11H2,1-2H3,(H,28,33)(H,29,30)/t14?,15?,16?,17-/m1/s1. The van der Waals surface area contributed by atoms with E-state index in [4.69, 9.17) is 4.74 Å². The Bertz CT molecular complexity index is 1280. The summed E-state index contributed by atoms with van der Waals surface area (Å²) in [4.78, 5) is 30.7. The summed E-state index contributed by atoms with van der Waals surface area (Å²) in [7, 11) is 3.44. The van der Waals surface area contributed by atoms with Crippen LogP contribution in [0, 0.1) is 0 Å². The number of aromatic nitrogens is 4. The molecule has 0 bridgehead atoms. The van der Waals surface area contributed by atoms with E-state index in [1.807, 2.05) is 0 Å². The second-order valence-corrected chi connectivity index (χ2v) is 9.25. The predicted molar refractivity (Wildman–Crippen MR) is 130 cm³/mol. The van der Waals surface area contributed by atoms with E-state index in [2.05, 4.69) is 26.0 Å². The van der Waals surface area contributed by atoms with Crippen LogP contribution in [0.2, 0.25) is 0 Å². The number of nitrogens with one attached hydrogen (secondary N) is 3. The van der Waals surface area contributed by atoms with Gasteiger partial charge in [0.25, 0.3) is 11.5 Å². The molecule has 2 atom stereocenters. The molecule has 1 unspecified atom stereocenters. The van der Waals surface area contributed by atoms with E-state index < -0.39 is 6.17 Å². The SMILES string of the molecule is CNc1cc(Nc2cccn(C3CC(F)C3)c2=O)nc2c(C(=O)NC3CCC[C@@H](OC)C3)cnn12. The number of rotatable bonds is 7. The van der Waals surface area contributed by atoms with Gasteiger partial charge < -0.3 is 25.3 Å². The fraction of sp³-hybridized carbons (Fsp3) is 0.500. The highest BCUT2D eigenvalue weighted by molar-refractivity contribution is 6.00. The maximum absolute atomic E-state index is 13.3. The lowest BCUT2D eigenvalue weighted by molar-refractivity contribution is 0.0563. The molecule has 3 aromatic heterocycles. The Morgan fingerprint density at radius 1 is 1.26 bits per heavy atom. The van der Waals surface area contributed by atoms with Gasteiger partial charge in [-0.3, -0.25) is 9.59 Å². The van der Waals surface area contributed by atoms with Crippen molar-refractivity contribution in [2.45, 2.75) is 62.9 Å². The van der Waals surface area contributed by atoms with Gasteiger partial charge in [-0.2, -0.15) is 9.61 Å². The lowest BCUT2D eigenvalue weighted by Gasteiger charge is -2.31. The van der Waals surface area contributed by atoms with Crippen LogP contribution in [0.1, 0.15) is 54.9 Å². The van der Waals surface area contributed by atoms with Gasteiger partial charge in [0, 0.05) is 38.5 Å². The van der Waals surface area contributed by atoms with Crippen molar-refractivity contribution in [3.63, 3.8) is 0 Å². The summed E-state index contributed by atoms with van der Waals surface area (Å²) in [6.45, 7) is 0. The van der Waals surface area contributed by atoms with Crippen molar-refractivity contribution in [2.75, 3.05) is 24.8 Å². The second-order valence-electron chi connectivity index (χ2n) is 9.25. The van der Waals surface area contributed by atoms with Crippen molar-refractivity contribution >= 4 is 28.9 Å². The minimum atomic E-state index is -0.855. The van der Waals surface area contributed by atoms with Crippen LogP contribution < -0.4 is 21.5 Å². The molecule has 3 N–H and O–H groups in total. The Morgan fingerprint density at radius 3 is 2.83 bits per heavy atom. The van der Waals surface area contributed by atoms with Gasteiger partial charge in [-0.25, -0.2) is 9.37 Å². The smallest absolute Gasteiger partial charge is 0.274 e. The number of nitrogens with zero attached hydrogens (tertiary/aromatic N) is 4. The van der Waals surface area contributed by atoms with Gasteiger partial charge in [-0.1, -0.05) is 0 Å². The van der Waals surface area contributed by atoms with Crippen LogP contribution in [0.3, 0.4) is 0 Å². The number of fused-ring (bicyclic) bond motifs is 1. The average Bonchev–Trinajstić information content (AvgIpc) is 3.27. The first kappa shape index (κ1) is 23.3. The highest BCUT2D eigenvalue weighted by Gasteiger charge is 2.31. The van der Waals surface area contributed by atoms with E-state index in [0.29, 0.717) is 41.4 Å². The molecule has 1 amide bonds. The number of carbonyl (C=O) groups is 1. The number of alkyl halides is 1. The molecule has 5 rings (SSSR count). The van der Waals surface area contributed by atoms with Gasteiger partial charge in [-0.15, -0.1) is 0 Å². The Hall–Kier alpha value is -3.47. The summed E-state index contributed by atoms with van der Waals surface area (Å²) in [6.07, 6.45) is 6.82. The van der Waals surface area contributed by atoms with Gasteiger partial charge in [0.1, 0.15) is 29.1 Å². The van der Waals surface area contributed by atoms with Crippen molar-refractivity contribution in [2.24, 2.45) is 0 Å². The van der Waals surface area contributed by atoms with E-state index >= 15 is 0 Å². The van der Waals surface area contributed by atoms with Gasteiger partial charge >= 0.3 is 0 Å². The molecule has 2 saturated carbocycles. The molecule has 0 spiro atoms. The quantitative estimate of drug-likeness (QED) is 0.473. The molecule has 0 aromatic carbocycles. The number of amides is 1. The zero-order chi connectivity index (χ0) is 24.5. The second kappa shape index (κ2) is 9.65. The highest BCUT2D eigenvalue weighted by Crippen LogP contribution is 2.33. The van der Waals surface area contributed by atoms with E-state index in [1.54, 1.807) is 47.6 Å². The average molecular weight is 484 g/mol. The van der Waals surface area contributed by atoms with E-state index in [1.165, 1.54) is 6.20 Å². The van der Waals surface area contributed by atoms with Crippen LogP contribution in [0.5, 0.6) is 0 Å². The lowest BCUT2D eigenvalue weighted by Crippen LogP contribution is -2.40. The van der Waals surface area contributed by atoms with Crippen LogP contribution in [0.25, 0.3) is 5.65 Å². The molecule has 2 fully saturated rings. The summed E-state index contributed by atoms with van der Waals surface area (Å²) < 4.78 is 21.9. The lowest BCUT2D eigenvalue weighted by atomic mass is 9.90. The predicted octanol–water partition coefficient (Wildman–Crippen LogP) is 3.04. The van der Waals surface area contributed by atoms with Crippen LogP contribution >= 0.6 is 0 Å². The minimum absolute atomic E-state index is 0.0273. The largest absolute Gasteiger partial charge is 0.381 e. The van der Waals surface area contributed by atoms with Crippen molar-refractivity contribution in [3.8, 4) is 0 Å². The third kappa shape index (κ3) is 4.60. The third-order valence-electron chi connectivity index (χ3n) is 6.95. The number of hydrogen-bond donors (Lipinski definition) is 3. The number of ether oxygens (including phenoxy) is 1. The zero-order valence-electron chi connectivity index (χ0n) is 19.8. The number of anilines is 3. The molecule has 11 heteroatoms. The summed E-state index contributed by atoms with van der Waals surface area (Å²) >= 11 is 0. The Balaban J connectivity index is 1.42. The number of carbonyl (C=O) groups excluding carboxylic acids is 1. The summed E-state index contributed by atoms with van der Waals surface area (Å²) in [5.74, 6) is 0.741. The van der Waals surface area contributed by atoms with E-state index in [0.717, 1.165) is 25.7 Å². The first-order valence-corrected chi connectivity index (χ1v) is 12.0. The molecule has 10 nitrogen and oxygen atoms in total. The van der Waals surface area contributed by atoms with Gasteiger partial charge in [0.05, 0.1) is 12.3 Å². The van der Waals surface area contributed by atoms with Crippen LogP contribution in [0.4, 0.5) is 21.7 Å². The zero-order valence-corrected chi connectivity index (χ0v) is 19.8. The molecule has 2 aliphatic carbocycles. The van der Waals surface area contributed by atoms with Gasteiger partial charge in [0.15, 0.2) is 5.65 Å². The number of halogens is 1. The van der Waals surface area contributed by atoms with Crippen molar-refractivity contribution in [3.05, 3.63) is 46.5 Å². The summed E-state index contributed by atoms with van der Waals surface area (Å²) in [6, 6.07) is 5.02. The summed E-state index contributed by atoms with van der Waals surface area (Å²) in [5.41, 5.74) is 0.797. The summed E-state index contributed by atoms with van der Waals surface area (Å²) in [5, 5.41) is 13.6. The molecule has 0 radical (unpaired) electrons. The van der Waals surface area contributed by atoms with Crippen molar-refractivity contribution in [1.82, 2.24) is 24.5 Å². The van der Waals surface area contributed by atoms with Crippen molar-refractivity contribution < 1.29 is 13.9 Å². The molecule has 186 valence electrons. The Labute approximate surface area is 201 Å². The minimum Gasteiger partial charge on any atom is -0.381 e. The topological polar surface area (TPSA) is 115 Å². The van der Waals surface area contributed by atoms with Gasteiger partial charge in [-0.05, 0) is 50.7 Å². The van der Waals surface area contributed by atoms with Crippen LogP contribution in [-0.4, -0.2) is 57.5 Å². The molecule has 0 aliphatic heterocycles. The number of hydrogen-bond acceptors (Lipinski definition) is 7. The maximum atomic E-state index is 13.3. The fourth-order valence-corrected chi connectivity index (χ4v) is 4.90. The molecule has 35 heavy (non-hydrogen) atoms. The van der Waals surface area contributed by atoms with Crippen molar-refractivity contribution in [1.29, 1.82) is 0 Å². The Morgan fingerprint density at radius 2 is 2.09 bits per heavy atom. The Kier molecular flexibility index (Phi) is 6.42. The first-order chi connectivity index (χ1) is 17.0. The fourth-order valence-electron chi connectivity index (χ4n) is 4.90. The highest BCUT2D eigenvalue weighted by atomic mass is 19.1. The first-order valence-electron chi connectivity index (χ1n) is 12.0. The molecule has 2 aliphatic rings. The third-order valence-corrected chi connectivity index (χ3v) is 6.95. The molecular weight excluding hydrogens is 453 g/mol. The molecule has 3 heterocycles. The number of methoxy groups -OCH3 is 1. The molecular formula is C24H30FN7O3. The van der Waals surface area contributed by atoms with Crippen LogP contribution in [-0.2, 0) is 4.74 Å². The van der Waals surface area contributed by atoms with E-state index in [9.17, 15) is 14.0 Å². The van der Waals surface area contributed by atoms with E-state index in [-0.39, 0.29) is 29.7 Å². The number of pyridine rings is 1.